The smallest absolute Gasteiger partial charge is 0.311 e. The average Bonchev–Trinajstić information content (AvgIpc) is 2.93. The zero-order valence-electron chi connectivity index (χ0n) is 21.2. The number of carbonyl (C=O) groups excluding carboxylic acids is 1. The third kappa shape index (κ3) is 7.27. The number of Topliss-reactive ketones (excluding diaryl/α,β-unsaturated/α-hetero) is 1. The Kier molecular flexibility index (Phi) is 8.85. The summed E-state index contributed by atoms with van der Waals surface area (Å²) >= 11 is 0. The van der Waals surface area contributed by atoms with E-state index in [1.54, 1.807) is 18.2 Å². The minimum Gasteiger partial charge on any atom is -0.508 e. The lowest BCUT2D eigenvalue weighted by Crippen LogP contribution is -2.38. The van der Waals surface area contributed by atoms with Crippen molar-refractivity contribution in [2.75, 3.05) is 6.54 Å². The molecule has 0 spiro atoms. The van der Waals surface area contributed by atoms with Gasteiger partial charge in [0.25, 0.3) is 0 Å². The molecule has 1 N–H and O–H groups in total. The quantitative estimate of drug-likeness (QED) is 0.139. The molecule has 194 valence electrons. The number of nitrogens with zero attached hydrogens (tertiary/aromatic N) is 2. The van der Waals surface area contributed by atoms with Crippen LogP contribution in [0.4, 0.5) is 5.69 Å². The van der Waals surface area contributed by atoms with Gasteiger partial charge >= 0.3 is 5.69 Å². The Hall–Kier alpha value is -4.49. The van der Waals surface area contributed by atoms with E-state index < -0.39 is 4.92 Å². The lowest BCUT2D eigenvalue weighted by molar-refractivity contribution is -0.386. The summed E-state index contributed by atoms with van der Waals surface area (Å²) in [5, 5.41) is 21.4. The van der Waals surface area contributed by atoms with Crippen LogP contribution in [0.15, 0.2) is 103 Å². The number of hydrogen-bond acceptors (Lipinski definition) is 6. The molecule has 4 aromatic carbocycles. The van der Waals surface area contributed by atoms with Gasteiger partial charge in [0.15, 0.2) is 11.5 Å². The van der Waals surface area contributed by atoms with Gasteiger partial charge in [-0.05, 0) is 54.3 Å². The minimum atomic E-state index is -0.522. The van der Waals surface area contributed by atoms with E-state index in [9.17, 15) is 20.0 Å². The van der Waals surface area contributed by atoms with Gasteiger partial charge in [0, 0.05) is 24.2 Å². The molecule has 0 fully saturated rings. The van der Waals surface area contributed by atoms with Gasteiger partial charge < -0.3 is 9.84 Å². The zero-order valence-corrected chi connectivity index (χ0v) is 21.2. The second-order valence-corrected chi connectivity index (χ2v) is 9.25. The Morgan fingerprint density at radius 3 is 2.16 bits per heavy atom. The first-order chi connectivity index (χ1) is 18.4. The van der Waals surface area contributed by atoms with Crippen LogP contribution in [0.2, 0.25) is 0 Å². The number of aromatic hydroxyl groups is 1. The topological polar surface area (TPSA) is 92.9 Å². The Morgan fingerprint density at radius 2 is 1.53 bits per heavy atom. The summed E-state index contributed by atoms with van der Waals surface area (Å²) < 4.78 is 5.71. The molecule has 0 bridgehead atoms. The monoisotopic (exact) mass is 510 g/mol. The van der Waals surface area contributed by atoms with Crippen LogP contribution in [0, 0.1) is 10.1 Å². The zero-order chi connectivity index (χ0) is 26.9. The summed E-state index contributed by atoms with van der Waals surface area (Å²) in [7, 11) is 0. The first kappa shape index (κ1) is 26.6. The highest BCUT2D eigenvalue weighted by Crippen LogP contribution is 2.29. The van der Waals surface area contributed by atoms with Crippen LogP contribution in [0.5, 0.6) is 11.5 Å². The number of hydrogen-bond donors (Lipinski definition) is 1. The molecule has 0 aliphatic rings. The molecule has 7 heteroatoms. The van der Waals surface area contributed by atoms with Crippen LogP contribution >= 0.6 is 0 Å². The van der Waals surface area contributed by atoms with Gasteiger partial charge in [-0.2, -0.15) is 0 Å². The Bertz CT molecular complexity index is 1360. The van der Waals surface area contributed by atoms with Gasteiger partial charge in [0.05, 0.1) is 11.5 Å². The summed E-state index contributed by atoms with van der Waals surface area (Å²) in [5.41, 5.74) is 3.02. The van der Waals surface area contributed by atoms with E-state index in [-0.39, 0.29) is 47.7 Å². The Morgan fingerprint density at radius 1 is 0.895 bits per heavy atom. The number of phenols is 1. The molecular weight excluding hydrogens is 480 g/mol. The molecular formula is C31H30N2O5. The van der Waals surface area contributed by atoms with E-state index in [0.29, 0.717) is 13.0 Å². The molecule has 0 saturated carbocycles. The molecule has 0 heterocycles. The summed E-state index contributed by atoms with van der Waals surface area (Å²) in [5.74, 6) is 0.115. The average molecular weight is 511 g/mol. The van der Waals surface area contributed by atoms with Crippen molar-refractivity contribution in [3.05, 3.63) is 135 Å². The maximum atomic E-state index is 13.4. The predicted octanol–water partition coefficient (Wildman–Crippen LogP) is 6.20. The van der Waals surface area contributed by atoms with Gasteiger partial charge in [-0.3, -0.25) is 19.8 Å². The normalized spacial score (nSPS) is 11.7. The fourth-order valence-electron chi connectivity index (χ4n) is 4.25. The third-order valence-electron chi connectivity index (χ3n) is 6.38. The minimum absolute atomic E-state index is 0.00726. The maximum Gasteiger partial charge on any atom is 0.311 e. The lowest BCUT2D eigenvalue weighted by Gasteiger charge is -2.29. The second kappa shape index (κ2) is 12.7. The molecule has 0 radical (unpaired) electrons. The first-order valence-electron chi connectivity index (χ1n) is 12.4. The molecule has 7 nitrogen and oxygen atoms in total. The molecule has 4 rings (SSSR count). The van der Waals surface area contributed by atoms with Gasteiger partial charge in [-0.15, -0.1) is 0 Å². The molecule has 4 aromatic rings. The number of phenolic OH excluding ortho intramolecular Hbond substituents is 1. The van der Waals surface area contributed by atoms with E-state index in [1.807, 2.05) is 79.7 Å². The van der Waals surface area contributed by atoms with E-state index in [1.165, 1.54) is 12.1 Å². The number of benzene rings is 4. The van der Waals surface area contributed by atoms with Gasteiger partial charge in [0.1, 0.15) is 12.4 Å². The highest BCUT2D eigenvalue weighted by Gasteiger charge is 2.23. The van der Waals surface area contributed by atoms with E-state index in [4.69, 9.17) is 4.74 Å². The van der Waals surface area contributed by atoms with Gasteiger partial charge in [0.2, 0.25) is 0 Å². The van der Waals surface area contributed by atoms with Crippen LogP contribution in [0.3, 0.4) is 0 Å². The van der Waals surface area contributed by atoms with Crippen molar-refractivity contribution in [3.8, 4) is 11.5 Å². The van der Waals surface area contributed by atoms with Crippen LogP contribution in [0.25, 0.3) is 0 Å². The fourth-order valence-corrected chi connectivity index (χ4v) is 4.25. The maximum absolute atomic E-state index is 13.4. The number of rotatable bonds is 12. The number of nitro benzene ring substituents is 1. The summed E-state index contributed by atoms with van der Waals surface area (Å²) in [6.07, 6.45) is 0.673. The molecule has 38 heavy (non-hydrogen) atoms. The second-order valence-electron chi connectivity index (χ2n) is 9.25. The molecule has 1 unspecified atom stereocenters. The van der Waals surface area contributed by atoms with Crippen molar-refractivity contribution in [1.82, 2.24) is 4.90 Å². The summed E-state index contributed by atoms with van der Waals surface area (Å²) in [4.78, 5) is 26.7. The van der Waals surface area contributed by atoms with Crippen molar-refractivity contribution in [3.63, 3.8) is 0 Å². The molecule has 0 aliphatic carbocycles. The van der Waals surface area contributed by atoms with Crippen molar-refractivity contribution in [2.45, 2.75) is 32.5 Å². The molecule has 1 atom stereocenters. The molecule has 0 aromatic heterocycles. The Labute approximate surface area is 222 Å². The van der Waals surface area contributed by atoms with Gasteiger partial charge in [-0.1, -0.05) is 72.8 Å². The van der Waals surface area contributed by atoms with Crippen molar-refractivity contribution < 1.29 is 19.6 Å². The van der Waals surface area contributed by atoms with Crippen molar-refractivity contribution in [2.24, 2.45) is 0 Å². The summed E-state index contributed by atoms with van der Waals surface area (Å²) in [6, 6.07) is 30.7. The lowest BCUT2D eigenvalue weighted by atomic mass is 10.0. The largest absolute Gasteiger partial charge is 0.508 e. The van der Waals surface area contributed by atoms with E-state index in [0.717, 1.165) is 16.7 Å². The third-order valence-corrected chi connectivity index (χ3v) is 6.38. The SMILES string of the molecule is CC(Cc1ccc(O)cc1)N(CC(=O)c1ccc(OCc2ccccc2)c([N+](=O)[O-])c1)Cc1ccccc1. The first-order valence-corrected chi connectivity index (χ1v) is 12.4. The highest BCUT2D eigenvalue weighted by molar-refractivity contribution is 5.98. The van der Waals surface area contributed by atoms with E-state index >= 15 is 0 Å². The standard InChI is InChI=1S/C31H30N2O5/c1-23(18-24-12-15-28(34)16-13-24)32(20-25-8-4-2-5-9-25)21-30(35)27-14-17-31(29(19-27)33(36)37)38-22-26-10-6-3-7-11-26/h2-17,19,23,34H,18,20-22H2,1H3. The molecule has 0 aliphatic heterocycles. The Balaban J connectivity index is 1.52. The van der Waals surface area contributed by atoms with Gasteiger partial charge in [-0.25, -0.2) is 0 Å². The number of ketones is 1. The summed E-state index contributed by atoms with van der Waals surface area (Å²) in [6.45, 7) is 2.88. The van der Waals surface area contributed by atoms with Crippen LogP contribution < -0.4 is 4.74 Å². The van der Waals surface area contributed by atoms with Crippen LogP contribution in [-0.4, -0.2) is 33.3 Å². The highest BCUT2D eigenvalue weighted by atomic mass is 16.6. The van der Waals surface area contributed by atoms with Crippen LogP contribution in [0.1, 0.15) is 34.0 Å². The van der Waals surface area contributed by atoms with Crippen molar-refractivity contribution >= 4 is 11.5 Å². The molecule has 0 amide bonds. The fraction of sp³-hybridized carbons (Fsp3) is 0.194. The van der Waals surface area contributed by atoms with Crippen LogP contribution in [-0.2, 0) is 19.6 Å². The predicted molar refractivity (Wildman–Crippen MR) is 146 cm³/mol. The number of nitro groups is 1. The van der Waals surface area contributed by atoms with E-state index in [2.05, 4.69) is 4.90 Å². The molecule has 0 saturated heterocycles. The number of carbonyl (C=O) groups is 1. The van der Waals surface area contributed by atoms with Crippen molar-refractivity contribution in [1.29, 1.82) is 0 Å². The number of ether oxygens (including phenoxy) is 1.